The molecule has 0 atom stereocenters. The minimum absolute atomic E-state index is 0. The molecule has 0 unspecified atom stereocenters. The Labute approximate surface area is 163 Å². The Hall–Kier alpha value is -0.320. The van der Waals surface area contributed by atoms with Gasteiger partial charge in [-0.3, -0.25) is 4.79 Å². The Kier molecular flexibility index (Phi) is 19.5. The minimum atomic E-state index is -1.09. The first-order valence-electron chi connectivity index (χ1n) is 8.81. The fourth-order valence-corrected chi connectivity index (χ4v) is 2.41. The molecule has 1 amide bonds. The van der Waals surface area contributed by atoms with Gasteiger partial charge in [0.15, 0.2) is 0 Å². The number of nitrogens with one attached hydrogen (secondary N) is 1. The van der Waals surface area contributed by atoms with Gasteiger partial charge in [-0.25, -0.2) is 4.79 Å². The molecule has 2 N–H and O–H groups in total. The van der Waals surface area contributed by atoms with Crippen LogP contribution in [0.4, 0.5) is 0 Å². The first-order chi connectivity index (χ1) is 10.6. The van der Waals surface area contributed by atoms with Crippen LogP contribution in [0.5, 0.6) is 0 Å². The maximum Gasteiger partial charge on any atom is 0.352 e. The van der Waals surface area contributed by atoms with Crippen LogP contribution in [0.25, 0.3) is 0 Å². The van der Waals surface area contributed by atoms with Crippen LogP contribution in [-0.4, -0.2) is 46.5 Å². The topological polar surface area (TPSA) is 66.4 Å². The van der Waals surface area contributed by atoms with Gasteiger partial charge >= 0.3 is 5.97 Å². The van der Waals surface area contributed by atoms with E-state index in [0.29, 0.717) is 6.42 Å². The van der Waals surface area contributed by atoms with E-state index in [1.54, 1.807) is 6.92 Å². The van der Waals surface area contributed by atoms with Crippen molar-refractivity contribution in [1.82, 2.24) is 5.32 Å². The average Bonchev–Trinajstić information content (AvgIpc) is 2.50. The van der Waals surface area contributed by atoms with Crippen LogP contribution < -0.4 is 5.32 Å². The molecule has 129 valence electrons. The van der Waals surface area contributed by atoms with E-state index in [1.807, 2.05) is 0 Å². The van der Waals surface area contributed by atoms with E-state index in [2.05, 4.69) is 12.2 Å². The molecule has 4 nitrogen and oxygen atoms in total. The van der Waals surface area contributed by atoms with E-state index in [1.165, 1.54) is 57.4 Å². The zero-order chi connectivity index (χ0) is 16.6. The first-order valence-corrected chi connectivity index (χ1v) is 8.81. The van der Waals surface area contributed by atoms with E-state index in [0.717, 1.165) is 19.3 Å². The molecule has 0 rings (SSSR count). The van der Waals surface area contributed by atoms with Crippen molar-refractivity contribution in [2.75, 3.05) is 0 Å². The number of unbranched alkanes of at least 4 members (excludes halogenated alkanes) is 10. The van der Waals surface area contributed by atoms with Crippen LogP contribution in [0, 0.1) is 0 Å². The molecule has 23 heavy (non-hydrogen) atoms. The maximum atomic E-state index is 11.6. The van der Waals surface area contributed by atoms with Gasteiger partial charge in [0.1, 0.15) is 5.70 Å². The van der Waals surface area contributed by atoms with Crippen molar-refractivity contribution in [2.24, 2.45) is 0 Å². The van der Waals surface area contributed by atoms with Gasteiger partial charge in [-0.2, -0.15) is 0 Å². The summed E-state index contributed by atoms with van der Waals surface area (Å²) in [5, 5.41) is 11.2. The number of carbonyl (C=O) groups excluding carboxylic acids is 1. The van der Waals surface area contributed by atoms with Crippen LogP contribution in [0.1, 0.15) is 90.9 Å². The van der Waals surface area contributed by atoms with E-state index < -0.39 is 5.97 Å². The number of hydrogen-bond donors (Lipinski definition) is 2. The summed E-state index contributed by atoms with van der Waals surface area (Å²) in [6, 6.07) is 0. The fraction of sp³-hybridized carbons (Fsp3) is 0.778. The Morgan fingerprint density at radius 1 is 0.870 bits per heavy atom. The van der Waals surface area contributed by atoms with E-state index in [9.17, 15) is 9.59 Å². The summed E-state index contributed by atoms with van der Waals surface area (Å²) in [6.45, 7) is 3.84. The van der Waals surface area contributed by atoms with Crippen LogP contribution in [0.15, 0.2) is 11.8 Å². The summed E-state index contributed by atoms with van der Waals surface area (Å²) in [6.07, 6.45) is 15.5. The first kappa shape index (κ1) is 24.9. The molecule has 0 aliphatic carbocycles. The van der Waals surface area contributed by atoms with Crippen LogP contribution >= 0.6 is 0 Å². The van der Waals surface area contributed by atoms with Crippen molar-refractivity contribution in [3.05, 3.63) is 11.8 Å². The number of carbonyl (C=O) groups is 2. The Morgan fingerprint density at radius 2 is 1.30 bits per heavy atom. The van der Waals surface area contributed by atoms with Crippen molar-refractivity contribution in [3.63, 3.8) is 0 Å². The van der Waals surface area contributed by atoms with Crippen molar-refractivity contribution in [3.8, 4) is 0 Å². The van der Waals surface area contributed by atoms with Gasteiger partial charge in [-0.1, -0.05) is 77.2 Å². The third-order valence-corrected chi connectivity index (χ3v) is 3.80. The molecule has 0 saturated heterocycles. The van der Waals surface area contributed by atoms with Crippen LogP contribution in [-0.2, 0) is 9.59 Å². The quantitative estimate of drug-likeness (QED) is 0.281. The average molecular weight is 334 g/mol. The van der Waals surface area contributed by atoms with Crippen molar-refractivity contribution < 1.29 is 14.7 Å². The monoisotopic (exact) mass is 334 g/mol. The van der Waals surface area contributed by atoms with E-state index >= 15 is 0 Å². The third kappa shape index (κ3) is 16.3. The fourth-order valence-electron chi connectivity index (χ4n) is 2.41. The molecule has 5 heteroatoms. The number of rotatable bonds is 14. The normalized spacial score (nSPS) is 11.0. The standard InChI is InChI=1S/C18H33NO3.Na/c1-3-5-6-7-8-9-10-11-12-13-14-15-17(20)19-16(4-2)18(21)22;/h4H,3,5-15H2,1-2H3,(H,19,20)(H,21,22);. The Morgan fingerprint density at radius 3 is 1.70 bits per heavy atom. The molecule has 0 heterocycles. The van der Waals surface area contributed by atoms with Gasteiger partial charge in [0.05, 0.1) is 0 Å². The predicted octanol–water partition coefficient (Wildman–Crippen LogP) is 4.41. The molecule has 0 aromatic heterocycles. The number of aliphatic carboxylic acids is 1. The number of hydrogen-bond acceptors (Lipinski definition) is 2. The molecule has 0 fully saturated rings. The summed E-state index contributed by atoms with van der Waals surface area (Å²) in [7, 11) is 0. The summed E-state index contributed by atoms with van der Waals surface area (Å²) < 4.78 is 0. The largest absolute Gasteiger partial charge is 0.477 e. The zero-order valence-corrected chi connectivity index (χ0v) is 17.3. The van der Waals surface area contributed by atoms with Crippen molar-refractivity contribution in [1.29, 1.82) is 0 Å². The number of carboxylic acids is 1. The maximum absolute atomic E-state index is 11.6. The Balaban J connectivity index is 0. The molecule has 0 aliphatic rings. The second kappa shape index (κ2) is 18.0. The summed E-state index contributed by atoms with van der Waals surface area (Å²) in [5.41, 5.74) is -0.0342. The molecule has 0 bridgehead atoms. The number of carboxylic acid groups (broad SMARTS) is 1. The minimum Gasteiger partial charge on any atom is -0.477 e. The van der Waals surface area contributed by atoms with Crippen molar-refractivity contribution in [2.45, 2.75) is 90.9 Å². The zero-order valence-electron chi connectivity index (χ0n) is 15.3. The smallest absolute Gasteiger partial charge is 0.352 e. The van der Waals surface area contributed by atoms with Gasteiger partial charge in [-0.05, 0) is 13.3 Å². The van der Waals surface area contributed by atoms with Crippen molar-refractivity contribution >= 4 is 41.4 Å². The molecule has 0 saturated carbocycles. The van der Waals surface area contributed by atoms with Crippen LogP contribution in [0.2, 0.25) is 0 Å². The third-order valence-electron chi connectivity index (χ3n) is 3.80. The molecular weight excluding hydrogens is 301 g/mol. The summed E-state index contributed by atoms with van der Waals surface area (Å²) in [4.78, 5) is 22.3. The molecule has 0 aliphatic heterocycles. The van der Waals surface area contributed by atoms with Gasteiger partial charge in [-0.15, -0.1) is 0 Å². The summed E-state index contributed by atoms with van der Waals surface area (Å²) >= 11 is 0. The van der Waals surface area contributed by atoms with E-state index in [4.69, 9.17) is 5.11 Å². The van der Waals surface area contributed by atoms with E-state index in [-0.39, 0.29) is 41.2 Å². The van der Waals surface area contributed by atoms with Gasteiger partial charge in [0, 0.05) is 36.0 Å². The number of amides is 1. The predicted molar refractivity (Wildman–Crippen MR) is 96.4 cm³/mol. The van der Waals surface area contributed by atoms with Crippen LogP contribution in [0.3, 0.4) is 0 Å². The molecule has 0 spiro atoms. The second-order valence-corrected chi connectivity index (χ2v) is 5.84. The van der Waals surface area contributed by atoms with Gasteiger partial charge in [0.25, 0.3) is 0 Å². The Bertz CT molecular complexity index is 343. The van der Waals surface area contributed by atoms with Gasteiger partial charge in [0.2, 0.25) is 5.91 Å². The SMILES string of the molecule is CC=C(NC(=O)CCCCCCCCCCCCC)C(=O)O.[Na]. The second-order valence-electron chi connectivity index (χ2n) is 5.84. The summed E-state index contributed by atoms with van der Waals surface area (Å²) in [5.74, 6) is -1.29. The molecule has 0 aromatic carbocycles. The molecule has 1 radical (unpaired) electrons. The number of allylic oxidation sites excluding steroid dienone is 1. The molecular formula is C18H33NNaO3. The molecule has 0 aromatic rings. The van der Waals surface area contributed by atoms with Gasteiger partial charge < -0.3 is 10.4 Å².